The highest BCUT2D eigenvalue weighted by atomic mass is 16.6. The summed E-state index contributed by atoms with van der Waals surface area (Å²) in [7, 11) is 0. The fraction of sp³-hybridized carbons (Fsp3) is 0.600. The summed E-state index contributed by atoms with van der Waals surface area (Å²) in [5.41, 5.74) is 5.52. The Hall–Kier alpha value is -1.92. The van der Waals surface area contributed by atoms with Gasteiger partial charge in [-0.3, -0.25) is 9.59 Å². The van der Waals surface area contributed by atoms with Crippen molar-refractivity contribution in [2.24, 2.45) is 11.8 Å². The molecule has 1 aliphatic heterocycles. The van der Waals surface area contributed by atoms with E-state index in [0.29, 0.717) is 0 Å². The Morgan fingerprint density at radius 3 is 2.18 bits per heavy atom. The zero-order valence-electron chi connectivity index (χ0n) is 9.13. The van der Waals surface area contributed by atoms with E-state index in [1.165, 1.54) is 0 Å². The van der Waals surface area contributed by atoms with Crippen molar-refractivity contribution in [3.8, 4) is 0 Å². The second kappa shape index (κ2) is 3.54. The fourth-order valence-corrected chi connectivity index (χ4v) is 2.72. The van der Waals surface area contributed by atoms with E-state index in [0.717, 1.165) is 30.6 Å². The third-order valence-corrected chi connectivity index (χ3v) is 3.55. The molecule has 0 aromatic carbocycles. The minimum absolute atomic E-state index is 0.0228. The third kappa shape index (κ3) is 1.35. The van der Waals surface area contributed by atoms with Crippen LogP contribution in [0.2, 0.25) is 0 Å². The molecule has 2 amide bonds. The number of amides is 2. The van der Waals surface area contributed by atoms with Crippen LogP contribution in [-0.2, 0) is 9.59 Å². The molecular formula is C10H12N4O3. The molecule has 3 rings (SSSR count). The first-order chi connectivity index (χ1) is 8.20. The SMILES string of the molecule is Nc1nonc1N1C(=O)[C@@H]2CCCC[C@H]2C1=O. The number of rotatable bonds is 1. The van der Waals surface area contributed by atoms with Gasteiger partial charge in [0.15, 0.2) is 0 Å². The largest absolute Gasteiger partial charge is 0.378 e. The van der Waals surface area contributed by atoms with E-state index in [4.69, 9.17) is 5.73 Å². The van der Waals surface area contributed by atoms with E-state index >= 15 is 0 Å². The Kier molecular flexibility index (Phi) is 2.13. The van der Waals surface area contributed by atoms with Gasteiger partial charge in [0.05, 0.1) is 11.8 Å². The molecule has 90 valence electrons. The van der Waals surface area contributed by atoms with Gasteiger partial charge in [0, 0.05) is 0 Å². The summed E-state index contributed by atoms with van der Waals surface area (Å²) in [5.74, 6) is -0.858. The maximum absolute atomic E-state index is 12.1. The molecule has 1 saturated carbocycles. The van der Waals surface area contributed by atoms with E-state index in [1.54, 1.807) is 0 Å². The van der Waals surface area contributed by atoms with E-state index in [9.17, 15) is 9.59 Å². The van der Waals surface area contributed by atoms with Crippen LogP contribution in [0.5, 0.6) is 0 Å². The molecule has 0 bridgehead atoms. The topological polar surface area (TPSA) is 102 Å². The van der Waals surface area contributed by atoms with Crippen LogP contribution in [0.1, 0.15) is 25.7 Å². The first-order valence-electron chi connectivity index (χ1n) is 5.66. The smallest absolute Gasteiger partial charge is 0.239 e. The number of carbonyl (C=O) groups is 2. The van der Waals surface area contributed by atoms with Crippen LogP contribution in [0, 0.1) is 11.8 Å². The second-order valence-corrected chi connectivity index (χ2v) is 4.48. The molecule has 2 atom stereocenters. The van der Waals surface area contributed by atoms with Crippen molar-refractivity contribution in [1.82, 2.24) is 10.3 Å². The Morgan fingerprint density at radius 1 is 1.12 bits per heavy atom. The highest BCUT2D eigenvalue weighted by Gasteiger charge is 2.50. The predicted molar refractivity (Wildman–Crippen MR) is 56.7 cm³/mol. The Morgan fingerprint density at radius 2 is 1.71 bits per heavy atom. The number of hydrogen-bond donors (Lipinski definition) is 1. The minimum Gasteiger partial charge on any atom is -0.378 e. The molecule has 2 heterocycles. The van der Waals surface area contributed by atoms with Gasteiger partial charge >= 0.3 is 0 Å². The molecule has 1 aromatic heterocycles. The molecule has 7 nitrogen and oxygen atoms in total. The first kappa shape index (κ1) is 10.2. The monoisotopic (exact) mass is 236 g/mol. The average Bonchev–Trinajstić information content (AvgIpc) is 2.84. The number of nitrogens with zero attached hydrogens (tertiary/aromatic N) is 3. The number of carbonyl (C=O) groups excluding carboxylic acids is 2. The maximum atomic E-state index is 12.1. The number of fused-ring (bicyclic) bond motifs is 1. The molecule has 2 aliphatic rings. The zero-order valence-corrected chi connectivity index (χ0v) is 9.13. The van der Waals surface area contributed by atoms with Gasteiger partial charge in [-0.25, -0.2) is 9.53 Å². The lowest BCUT2D eigenvalue weighted by Gasteiger charge is -2.19. The maximum Gasteiger partial charge on any atom is 0.239 e. The number of nitrogens with two attached hydrogens (primary N) is 1. The molecule has 0 spiro atoms. The van der Waals surface area contributed by atoms with Gasteiger partial charge in [0.2, 0.25) is 23.5 Å². The molecule has 1 saturated heterocycles. The van der Waals surface area contributed by atoms with E-state index < -0.39 is 0 Å². The molecule has 17 heavy (non-hydrogen) atoms. The van der Waals surface area contributed by atoms with Crippen molar-refractivity contribution in [1.29, 1.82) is 0 Å². The summed E-state index contributed by atoms with van der Waals surface area (Å²) >= 11 is 0. The van der Waals surface area contributed by atoms with E-state index in [2.05, 4.69) is 14.9 Å². The Labute approximate surface area is 96.9 Å². The van der Waals surface area contributed by atoms with Gasteiger partial charge in [-0.05, 0) is 23.2 Å². The van der Waals surface area contributed by atoms with Crippen molar-refractivity contribution in [2.45, 2.75) is 25.7 Å². The van der Waals surface area contributed by atoms with Gasteiger partial charge in [-0.15, -0.1) is 0 Å². The first-order valence-corrected chi connectivity index (χ1v) is 5.66. The highest BCUT2D eigenvalue weighted by Crippen LogP contribution is 2.40. The molecule has 2 fully saturated rings. The quantitative estimate of drug-likeness (QED) is 0.705. The fourth-order valence-electron chi connectivity index (χ4n) is 2.72. The minimum atomic E-state index is -0.220. The van der Waals surface area contributed by atoms with E-state index in [-0.39, 0.29) is 35.3 Å². The highest BCUT2D eigenvalue weighted by molar-refractivity contribution is 6.22. The van der Waals surface area contributed by atoms with Crippen LogP contribution in [0.4, 0.5) is 11.6 Å². The second-order valence-electron chi connectivity index (χ2n) is 4.48. The Bertz CT molecular complexity index is 460. The van der Waals surface area contributed by atoms with Crippen LogP contribution in [0.15, 0.2) is 4.63 Å². The van der Waals surface area contributed by atoms with Crippen LogP contribution in [0.3, 0.4) is 0 Å². The van der Waals surface area contributed by atoms with Crippen LogP contribution < -0.4 is 10.6 Å². The van der Waals surface area contributed by atoms with Crippen LogP contribution in [-0.4, -0.2) is 22.1 Å². The lowest BCUT2D eigenvalue weighted by molar-refractivity contribution is -0.122. The molecule has 7 heteroatoms. The van der Waals surface area contributed by atoms with Crippen LogP contribution in [0.25, 0.3) is 0 Å². The van der Waals surface area contributed by atoms with Crippen molar-refractivity contribution in [3.63, 3.8) is 0 Å². The lowest BCUT2D eigenvalue weighted by Crippen LogP contribution is -2.31. The summed E-state index contributed by atoms with van der Waals surface area (Å²) in [6.45, 7) is 0. The Balaban J connectivity index is 1.99. The molecular weight excluding hydrogens is 224 g/mol. The van der Waals surface area contributed by atoms with Crippen molar-refractivity contribution in [3.05, 3.63) is 0 Å². The summed E-state index contributed by atoms with van der Waals surface area (Å²) in [5, 5.41) is 6.92. The zero-order chi connectivity index (χ0) is 12.0. The molecule has 2 N–H and O–H groups in total. The molecule has 1 aromatic rings. The number of anilines is 2. The number of nitrogen functional groups attached to an aromatic ring is 1. The van der Waals surface area contributed by atoms with Gasteiger partial charge in [-0.1, -0.05) is 12.8 Å². The normalized spacial score (nSPS) is 28.6. The van der Waals surface area contributed by atoms with Gasteiger partial charge < -0.3 is 5.73 Å². The molecule has 0 unspecified atom stereocenters. The summed E-state index contributed by atoms with van der Waals surface area (Å²) in [6.07, 6.45) is 3.50. The number of imide groups is 1. The summed E-state index contributed by atoms with van der Waals surface area (Å²) in [6, 6.07) is 0. The molecule has 0 radical (unpaired) electrons. The third-order valence-electron chi connectivity index (χ3n) is 3.55. The van der Waals surface area contributed by atoms with Gasteiger partial charge in [0.25, 0.3) is 0 Å². The summed E-state index contributed by atoms with van der Waals surface area (Å²) in [4.78, 5) is 25.3. The molecule has 1 aliphatic carbocycles. The lowest BCUT2D eigenvalue weighted by atomic mass is 9.81. The standard InChI is InChI=1S/C10H12N4O3/c11-7-8(13-17-12-7)14-9(15)5-3-1-2-4-6(5)10(14)16/h5-6H,1-4H2,(H2,11,12)/t5-,6-/m1/s1. The van der Waals surface area contributed by atoms with Crippen molar-refractivity contribution < 1.29 is 14.2 Å². The average molecular weight is 236 g/mol. The van der Waals surface area contributed by atoms with Crippen LogP contribution >= 0.6 is 0 Å². The summed E-state index contributed by atoms with van der Waals surface area (Å²) < 4.78 is 4.44. The predicted octanol–water partition coefficient (Wildman–Crippen LogP) is 0.331. The van der Waals surface area contributed by atoms with Gasteiger partial charge in [-0.2, -0.15) is 0 Å². The number of hydrogen-bond acceptors (Lipinski definition) is 6. The van der Waals surface area contributed by atoms with E-state index in [1.807, 2.05) is 0 Å². The van der Waals surface area contributed by atoms with Crippen molar-refractivity contribution in [2.75, 3.05) is 10.6 Å². The van der Waals surface area contributed by atoms with Gasteiger partial charge in [0.1, 0.15) is 0 Å². The van der Waals surface area contributed by atoms with Crippen molar-refractivity contribution >= 4 is 23.5 Å². The number of aromatic nitrogens is 2.